The zero-order chi connectivity index (χ0) is 11.0. The molecule has 2 bridgehead atoms. The van der Waals surface area contributed by atoms with Crippen LogP contribution in [0, 0.1) is 11.8 Å². The number of benzene rings is 1. The van der Waals surface area contributed by atoms with E-state index in [1.54, 1.807) is 0 Å². The molecule has 2 aliphatic heterocycles. The number of rotatable bonds is 3. The van der Waals surface area contributed by atoms with Gasteiger partial charge in [-0.1, -0.05) is 24.3 Å². The van der Waals surface area contributed by atoms with Gasteiger partial charge in [0, 0.05) is 26.2 Å². The minimum Gasteiger partial charge on any atom is -0.326 e. The van der Waals surface area contributed by atoms with E-state index >= 15 is 0 Å². The van der Waals surface area contributed by atoms with Crippen LogP contribution in [0.25, 0.3) is 0 Å². The van der Waals surface area contributed by atoms with E-state index in [9.17, 15) is 0 Å². The molecule has 2 N–H and O–H groups in total. The first-order valence-electron chi connectivity index (χ1n) is 6.33. The lowest BCUT2D eigenvalue weighted by atomic mass is 9.71. The van der Waals surface area contributed by atoms with Gasteiger partial charge >= 0.3 is 0 Å². The van der Waals surface area contributed by atoms with Gasteiger partial charge in [0.1, 0.15) is 0 Å². The smallest absolute Gasteiger partial charge is 0.0234 e. The number of piperidine rings is 2. The van der Waals surface area contributed by atoms with E-state index in [2.05, 4.69) is 29.2 Å². The third-order valence-electron chi connectivity index (χ3n) is 4.00. The molecule has 0 unspecified atom stereocenters. The summed E-state index contributed by atoms with van der Waals surface area (Å²) < 4.78 is 0. The quantitative estimate of drug-likeness (QED) is 0.837. The van der Waals surface area contributed by atoms with Crippen molar-refractivity contribution in [3.63, 3.8) is 0 Å². The van der Waals surface area contributed by atoms with Crippen molar-refractivity contribution in [2.75, 3.05) is 13.1 Å². The third kappa shape index (κ3) is 2.00. The summed E-state index contributed by atoms with van der Waals surface area (Å²) >= 11 is 0. The maximum atomic E-state index is 5.67. The summed E-state index contributed by atoms with van der Waals surface area (Å²) in [4.78, 5) is 2.61. The Morgan fingerprint density at radius 1 is 1.12 bits per heavy atom. The van der Waals surface area contributed by atoms with Crippen LogP contribution in [0.2, 0.25) is 0 Å². The fourth-order valence-electron chi connectivity index (χ4n) is 3.22. The van der Waals surface area contributed by atoms with Gasteiger partial charge in [0.05, 0.1) is 0 Å². The topological polar surface area (TPSA) is 29.3 Å². The largest absolute Gasteiger partial charge is 0.326 e. The molecule has 0 aromatic heterocycles. The summed E-state index contributed by atoms with van der Waals surface area (Å²) in [6.45, 7) is 4.38. The Labute approximate surface area is 97.4 Å². The molecule has 0 radical (unpaired) electrons. The van der Waals surface area contributed by atoms with Gasteiger partial charge < -0.3 is 5.73 Å². The van der Waals surface area contributed by atoms with Crippen molar-refractivity contribution in [3.8, 4) is 0 Å². The second kappa shape index (κ2) is 4.19. The Morgan fingerprint density at radius 2 is 1.81 bits per heavy atom. The van der Waals surface area contributed by atoms with Crippen molar-refractivity contribution in [3.05, 3.63) is 35.4 Å². The molecule has 1 aromatic rings. The van der Waals surface area contributed by atoms with Gasteiger partial charge in [0.2, 0.25) is 0 Å². The molecule has 3 aliphatic rings. The first-order valence-corrected chi connectivity index (χ1v) is 6.33. The first kappa shape index (κ1) is 10.3. The number of fused-ring (bicyclic) bond motifs is 2. The zero-order valence-electron chi connectivity index (χ0n) is 9.73. The van der Waals surface area contributed by atoms with Crippen LogP contribution in [0.5, 0.6) is 0 Å². The highest BCUT2D eigenvalue weighted by molar-refractivity contribution is 5.23. The predicted octanol–water partition coefficient (Wildman–Crippen LogP) is 1.99. The second-order valence-corrected chi connectivity index (χ2v) is 5.42. The lowest BCUT2D eigenvalue weighted by Crippen LogP contribution is -2.47. The predicted molar refractivity (Wildman–Crippen MR) is 65.8 cm³/mol. The van der Waals surface area contributed by atoms with Crippen LogP contribution in [0.4, 0.5) is 0 Å². The Kier molecular flexibility index (Phi) is 2.70. The highest BCUT2D eigenvalue weighted by atomic mass is 15.1. The second-order valence-electron chi connectivity index (χ2n) is 5.42. The standard InChI is InChI=1S/C14H20N2/c15-7-11-2-1-3-12(4-11)8-16-9-13-5-14(6-13)10-16/h1-4,13-14H,5-10,15H2. The fourth-order valence-corrected chi connectivity index (χ4v) is 3.22. The van der Waals surface area contributed by atoms with Gasteiger partial charge in [0.25, 0.3) is 0 Å². The van der Waals surface area contributed by atoms with Gasteiger partial charge in [-0.25, -0.2) is 0 Å². The number of hydrogen-bond acceptors (Lipinski definition) is 2. The molecular weight excluding hydrogens is 196 g/mol. The molecule has 2 heterocycles. The summed E-state index contributed by atoms with van der Waals surface area (Å²) in [5, 5.41) is 0. The third-order valence-corrected chi connectivity index (χ3v) is 4.00. The first-order chi connectivity index (χ1) is 7.83. The molecule has 1 aliphatic carbocycles. The molecule has 86 valence electrons. The van der Waals surface area contributed by atoms with Gasteiger partial charge in [-0.05, 0) is 35.8 Å². The Balaban J connectivity index is 1.64. The zero-order valence-corrected chi connectivity index (χ0v) is 9.73. The van der Waals surface area contributed by atoms with Crippen LogP contribution >= 0.6 is 0 Å². The van der Waals surface area contributed by atoms with Crippen LogP contribution in [0.3, 0.4) is 0 Å². The molecule has 16 heavy (non-hydrogen) atoms. The molecule has 0 atom stereocenters. The Morgan fingerprint density at radius 3 is 2.50 bits per heavy atom. The summed E-state index contributed by atoms with van der Waals surface area (Å²) in [7, 11) is 0. The molecule has 0 spiro atoms. The van der Waals surface area contributed by atoms with Gasteiger partial charge in [-0.2, -0.15) is 0 Å². The maximum Gasteiger partial charge on any atom is 0.0234 e. The average molecular weight is 216 g/mol. The molecule has 2 nitrogen and oxygen atoms in total. The molecule has 4 rings (SSSR count). The minimum atomic E-state index is 0.652. The van der Waals surface area contributed by atoms with Crippen molar-refractivity contribution in [2.45, 2.75) is 25.9 Å². The van der Waals surface area contributed by atoms with E-state index in [-0.39, 0.29) is 0 Å². The SMILES string of the molecule is NCc1cccc(CN2CC3CC(C3)C2)c1. The highest BCUT2D eigenvalue weighted by Crippen LogP contribution is 2.39. The van der Waals surface area contributed by atoms with E-state index in [4.69, 9.17) is 5.73 Å². The molecule has 0 amide bonds. The molecular formula is C14H20N2. The summed E-state index contributed by atoms with van der Waals surface area (Å²) in [6, 6.07) is 8.71. The molecule has 2 heteroatoms. The fraction of sp³-hybridized carbons (Fsp3) is 0.571. The van der Waals surface area contributed by atoms with E-state index in [1.807, 2.05) is 0 Å². The highest BCUT2D eigenvalue weighted by Gasteiger charge is 2.36. The average Bonchev–Trinajstić information content (AvgIpc) is 2.28. The van der Waals surface area contributed by atoms with Crippen LogP contribution < -0.4 is 5.73 Å². The van der Waals surface area contributed by atoms with Gasteiger partial charge in [0.15, 0.2) is 0 Å². The molecule has 1 aromatic carbocycles. The monoisotopic (exact) mass is 216 g/mol. The van der Waals surface area contributed by atoms with Crippen LogP contribution in [0.1, 0.15) is 24.0 Å². The van der Waals surface area contributed by atoms with E-state index in [0.717, 1.165) is 18.4 Å². The van der Waals surface area contributed by atoms with Crippen molar-refractivity contribution in [2.24, 2.45) is 17.6 Å². The van der Waals surface area contributed by atoms with Crippen LogP contribution in [-0.4, -0.2) is 18.0 Å². The van der Waals surface area contributed by atoms with Gasteiger partial charge in [-0.3, -0.25) is 4.90 Å². The van der Waals surface area contributed by atoms with E-state index in [1.165, 1.54) is 37.1 Å². The number of hydrogen-bond donors (Lipinski definition) is 1. The van der Waals surface area contributed by atoms with E-state index in [0.29, 0.717) is 6.54 Å². The summed E-state index contributed by atoms with van der Waals surface area (Å²) in [5.41, 5.74) is 8.34. The minimum absolute atomic E-state index is 0.652. The van der Waals surface area contributed by atoms with E-state index < -0.39 is 0 Å². The van der Waals surface area contributed by atoms with Crippen LogP contribution in [-0.2, 0) is 13.1 Å². The van der Waals surface area contributed by atoms with Crippen molar-refractivity contribution in [1.29, 1.82) is 0 Å². The Bertz CT molecular complexity index is 359. The van der Waals surface area contributed by atoms with Crippen molar-refractivity contribution < 1.29 is 0 Å². The molecule has 1 saturated carbocycles. The molecule has 2 saturated heterocycles. The number of nitrogens with zero attached hydrogens (tertiary/aromatic N) is 1. The summed E-state index contributed by atoms with van der Waals surface area (Å²) in [6.07, 6.45) is 2.97. The lowest BCUT2D eigenvalue weighted by molar-refractivity contribution is 0.0228. The Hall–Kier alpha value is -0.860. The molecule has 3 fully saturated rings. The number of nitrogens with two attached hydrogens (primary N) is 1. The van der Waals surface area contributed by atoms with Crippen molar-refractivity contribution in [1.82, 2.24) is 4.90 Å². The van der Waals surface area contributed by atoms with Crippen molar-refractivity contribution >= 4 is 0 Å². The maximum absolute atomic E-state index is 5.67. The summed E-state index contributed by atoms with van der Waals surface area (Å²) in [5.74, 6) is 1.99. The van der Waals surface area contributed by atoms with Crippen LogP contribution in [0.15, 0.2) is 24.3 Å². The normalized spacial score (nSPS) is 28.8. The van der Waals surface area contributed by atoms with Gasteiger partial charge in [-0.15, -0.1) is 0 Å². The lowest BCUT2D eigenvalue weighted by Gasteiger charge is -2.47.